The molecule has 0 amide bonds. The lowest BCUT2D eigenvalue weighted by atomic mass is 9.99. The molecule has 1 fully saturated rings. The van der Waals surface area contributed by atoms with Crippen LogP contribution in [0.3, 0.4) is 0 Å². The molecule has 1 heterocycles. The van der Waals surface area contributed by atoms with Crippen LogP contribution >= 0.6 is 0 Å². The molecule has 0 N–H and O–H groups in total. The molecule has 4 aromatic rings. The van der Waals surface area contributed by atoms with Crippen molar-refractivity contribution in [2.45, 2.75) is 51.6 Å². The maximum atomic E-state index is 15.0. The summed E-state index contributed by atoms with van der Waals surface area (Å²) < 4.78 is 134. The Bertz CT molecular complexity index is 1650. The lowest BCUT2D eigenvalue weighted by Gasteiger charge is -2.30. The fraction of sp³-hybridized carbons (Fsp3) is 0.314. The summed E-state index contributed by atoms with van der Waals surface area (Å²) in [7, 11) is 0. The number of hydrogen-bond acceptors (Lipinski definition) is 4. The second kappa shape index (κ2) is 14.7. The van der Waals surface area contributed by atoms with E-state index in [1.165, 1.54) is 30.3 Å². The van der Waals surface area contributed by atoms with Gasteiger partial charge in [0, 0.05) is 17.0 Å². The Morgan fingerprint density at radius 3 is 1.96 bits per heavy atom. The predicted octanol–water partition coefficient (Wildman–Crippen LogP) is 10.5. The lowest BCUT2D eigenvalue weighted by molar-refractivity contribution is -0.206. The van der Waals surface area contributed by atoms with Gasteiger partial charge in [-0.15, -0.1) is 0 Å². The third kappa shape index (κ3) is 8.23. The van der Waals surface area contributed by atoms with Gasteiger partial charge in [-0.05, 0) is 65.6 Å². The van der Waals surface area contributed by atoms with E-state index in [2.05, 4.69) is 16.4 Å². The van der Waals surface area contributed by atoms with E-state index in [0.29, 0.717) is 24.3 Å². The van der Waals surface area contributed by atoms with Crippen molar-refractivity contribution < 1.29 is 54.1 Å². The van der Waals surface area contributed by atoms with E-state index in [1.54, 1.807) is 0 Å². The monoisotopic (exact) mass is 666 g/mol. The number of benzene rings is 4. The third-order valence-corrected chi connectivity index (χ3v) is 7.67. The van der Waals surface area contributed by atoms with Crippen LogP contribution in [0.1, 0.15) is 50.0 Å². The molecule has 0 atom stereocenters. The van der Waals surface area contributed by atoms with Gasteiger partial charge in [-0.1, -0.05) is 56.5 Å². The highest BCUT2D eigenvalue weighted by atomic mass is 19.3. The molecule has 4 aromatic carbocycles. The van der Waals surface area contributed by atoms with E-state index in [0.717, 1.165) is 68.1 Å². The summed E-state index contributed by atoms with van der Waals surface area (Å²) in [4.78, 5) is 0. The van der Waals surface area contributed by atoms with E-state index in [1.807, 2.05) is 0 Å². The van der Waals surface area contributed by atoms with Crippen molar-refractivity contribution in [3.05, 3.63) is 107 Å². The molecule has 0 aromatic heterocycles. The Kier molecular flexibility index (Phi) is 10.7. The van der Waals surface area contributed by atoms with Crippen LogP contribution in [-0.2, 0) is 15.6 Å². The molecule has 1 aliphatic rings. The number of ether oxygens (including phenoxy) is 4. The number of halogens is 8. The second-order valence-electron chi connectivity index (χ2n) is 11.1. The molecule has 12 heteroatoms. The third-order valence-electron chi connectivity index (χ3n) is 7.67. The average Bonchev–Trinajstić information content (AvgIpc) is 3.02. The van der Waals surface area contributed by atoms with Gasteiger partial charge in [0.05, 0.1) is 13.2 Å². The van der Waals surface area contributed by atoms with E-state index in [4.69, 9.17) is 9.47 Å². The molecule has 1 aliphatic heterocycles. The maximum Gasteiger partial charge on any atom is 0.432 e. The Morgan fingerprint density at radius 1 is 0.745 bits per heavy atom. The first-order chi connectivity index (χ1) is 22.4. The highest BCUT2D eigenvalue weighted by Gasteiger charge is 2.42. The molecule has 5 rings (SSSR count). The van der Waals surface area contributed by atoms with Gasteiger partial charge in [-0.3, -0.25) is 0 Å². The molecule has 0 saturated carbocycles. The number of rotatable bonds is 12. The Hall–Kier alpha value is -4.16. The summed E-state index contributed by atoms with van der Waals surface area (Å²) in [5.41, 5.74) is -0.927. The number of unbranched alkanes of at least 4 members (excludes halogenated alkanes) is 2. The second-order valence-corrected chi connectivity index (χ2v) is 11.1. The summed E-state index contributed by atoms with van der Waals surface area (Å²) >= 11 is 0. The van der Waals surface area contributed by atoms with Gasteiger partial charge in [-0.2, -0.15) is 17.6 Å². The zero-order valence-corrected chi connectivity index (χ0v) is 25.1. The van der Waals surface area contributed by atoms with Crippen LogP contribution in [0.2, 0.25) is 0 Å². The molecule has 4 nitrogen and oxygen atoms in total. The first kappa shape index (κ1) is 34.2. The van der Waals surface area contributed by atoms with Crippen molar-refractivity contribution in [2.75, 3.05) is 13.2 Å². The average molecular weight is 667 g/mol. The minimum atomic E-state index is -4.40. The van der Waals surface area contributed by atoms with Crippen LogP contribution in [0.25, 0.3) is 22.3 Å². The summed E-state index contributed by atoms with van der Waals surface area (Å²) in [6.45, 7) is -0.501. The Balaban J connectivity index is 1.25. The van der Waals surface area contributed by atoms with Gasteiger partial charge < -0.3 is 18.9 Å². The van der Waals surface area contributed by atoms with Crippen LogP contribution in [0.5, 0.6) is 11.5 Å². The van der Waals surface area contributed by atoms with Crippen molar-refractivity contribution in [2.24, 2.45) is 5.92 Å². The van der Waals surface area contributed by atoms with Gasteiger partial charge in [0.25, 0.3) is 0 Å². The highest BCUT2D eigenvalue weighted by Crippen LogP contribution is 2.38. The summed E-state index contributed by atoms with van der Waals surface area (Å²) in [6, 6.07) is 13.3. The van der Waals surface area contributed by atoms with E-state index in [9.17, 15) is 26.3 Å². The van der Waals surface area contributed by atoms with Crippen molar-refractivity contribution in [1.82, 2.24) is 0 Å². The van der Waals surface area contributed by atoms with Crippen molar-refractivity contribution in [3.63, 3.8) is 0 Å². The van der Waals surface area contributed by atoms with E-state index < -0.39 is 59.3 Å². The fourth-order valence-corrected chi connectivity index (χ4v) is 5.30. The first-order valence-electron chi connectivity index (χ1n) is 14.9. The Morgan fingerprint density at radius 2 is 1.36 bits per heavy atom. The zero-order chi connectivity index (χ0) is 33.7. The standard InChI is InChI=1S/C35H30F8O4/c1-2-3-4-5-20-18-44-33(45-19-20)24-16-29(38)32(30(39)17-24)35(42,43)47-25-10-6-21(7-11-25)22-8-12-26(27(36)14-22)23-9-13-31(28(37)15-23)46-34(40)41/h6-17,20,33-34H,2-5,18-19H2,1H3. The minimum Gasteiger partial charge on any atom is -0.432 e. The van der Waals surface area contributed by atoms with Crippen molar-refractivity contribution in [3.8, 4) is 33.8 Å². The smallest absolute Gasteiger partial charge is 0.432 e. The molecular weight excluding hydrogens is 636 g/mol. The van der Waals surface area contributed by atoms with Crippen molar-refractivity contribution >= 4 is 0 Å². The molecule has 0 unspecified atom stereocenters. The molecule has 0 spiro atoms. The van der Waals surface area contributed by atoms with Crippen LogP contribution in [0.4, 0.5) is 35.1 Å². The fourth-order valence-electron chi connectivity index (χ4n) is 5.30. The molecule has 0 aliphatic carbocycles. The van der Waals surface area contributed by atoms with E-state index >= 15 is 8.78 Å². The van der Waals surface area contributed by atoms with Gasteiger partial charge >= 0.3 is 12.7 Å². The number of alkyl halides is 4. The highest BCUT2D eigenvalue weighted by molar-refractivity contribution is 5.71. The van der Waals surface area contributed by atoms with Gasteiger partial charge in [0.15, 0.2) is 17.9 Å². The van der Waals surface area contributed by atoms with E-state index in [-0.39, 0.29) is 22.6 Å². The summed E-state index contributed by atoms with van der Waals surface area (Å²) in [5, 5.41) is 0. The van der Waals surface area contributed by atoms with Crippen molar-refractivity contribution in [1.29, 1.82) is 0 Å². The normalized spacial score (nSPS) is 16.8. The summed E-state index contributed by atoms with van der Waals surface area (Å²) in [5.74, 6) is -5.92. The lowest BCUT2D eigenvalue weighted by Crippen LogP contribution is -2.28. The number of hydrogen-bond donors (Lipinski definition) is 0. The van der Waals surface area contributed by atoms with Crippen LogP contribution in [0, 0.1) is 29.2 Å². The summed E-state index contributed by atoms with van der Waals surface area (Å²) in [6.07, 6.45) is -1.46. The van der Waals surface area contributed by atoms with Crippen LogP contribution in [0.15, 0.2) is 72.8 Å². The predicted molar refractivity (Wildman–Crippen MR) is 157 cm³/mol. The first-order valence-corrected chi connectivity index (χ1v) is 14.9. The van der Waals surface area contributed by atoms with Crippen LogP contribution in [-0.4, -0.2) is 19.8 Å². The quantitative estimate of drug-likeness (QED) is 0.111. The Labute approximate surface area is 265 Å². The van der Waals surface area contributed by atoms with Crippen LogP contribution < -0.4 is 9.47 Å². The molecule has 47 heavy (non-hydrogen) atoms. The van der Waals surface area contributed by atoms with Gasteiger partial charge in [0.2, 0.25) is 0 Å². The molecule has 0 radical (unpaired) electrons. The largest absolute Gasteiger partial charge is 0.432 e. The zero-order valence-electron chi connectivity index (χ0n) is 25.1. The van der Waals surface area contributed by atoms with Gasteiger partial charge in [0.1, 0.15) is 28.8 Å². The topological polar surface area (TPSA) is 36.9 Å². The maximum absolute atomic E-state index is 15.0. The SMILES string of the molecule is CCCCCC1COC(c2cc(F)c(C(F)(F)Oc3ccc(-c4ccc(-c5ccc(OC(F)F)c(F)c5)c(F)c4)cc3)c(F)c2)OC1. The minimum absolute atomic E-state index is 0.0286. The van der Waals surface area contributed by atoms with Gasteiger partial charge in [-0.25, -0.2) is 17.6 Å². The molecule has 1 saturated heterocycles. The molecule has 250 valence electrons. The molecular formula is C35H30F8O4. The molecule has 0 bridgehead atoms.